The molecule has 0 amide bonds. The van der Waals surface area contributed by atoms with Crippen molar-refractivity contribution in [3.05, 3.63) is 0 Å². The van der Waals surface area contributed by atoms with Gasteiger partial charge in [0.1, 0.15) is 5.84 Å². The molecule has 1 heterocycles. The van der Waals surface area contributed by atoms with Crippen LogP contribution in [0.5, 0.6) is 0 Å². The van der Waals surface area contributed by atoms with Crippen LogP contribution in [0.15, 0.2) is 0 Å². The molecule has 0 aliphatic carbocycles. The second kappa shape index (κ2) is 4.31. The Labute approximate surface area is 66.8 Å². The Bertz CT molecular complexity index is 130. The molecule has 0 atom stereocenters. The maximum atomic E-state index is 7.10. The maximum Gasteiger partial charge on any atom is 0.105 e. The largest absolute Gasteiger partial charge is 0.387 e. The van der Waals surface area contributed by atoms with Crippen molar-refractivity contribution in [1.82, 2.24) is 4.90 Å². The Kier molecular flexibility index (Phi) is 3.32. The molecular weight excluding hydrogens is 142 g/mol. The van der Waals surface area contributed by atoms with Gasteiger partial charge in [0.2, 0.25) is 0 Å². The summed E-state index contributed by atoms with van der Waals surface area (Å²) in [5.41, 5.74) is 5.28. The summed E-state index contributed by atoms with van der Waals surface area (Å²) in [6.07, 6.45) is 1.05. The average Bonchev–Trinajstić information content (AvgIpc) is 2.14. The van der Waals surface area contributed by atoms with Gasteiger partial charge >= 0.3 is 0 Å². The van der Waals surface area contributed by atoms with Gasteiger partial charge in [-0.25, -0.2) is 0 Å². The van der Waals surface area contributed by atoms with E-state index < -0.39 is 0 Å². The highest BCUT2D eigenvalue weighted by Gasteiger charge is 2.08. The summed E-state index contributed by atoms with van der Waals surface area (Å²) in [4.78, 5) is 2.15. The lowest BCUT2D eigenvalue weighted by Crippen LogP contribution is -2.34. The van der Waals surface area contributed by atoms with Gasteiger partial charge in [0, 0.05) is 19.7 Å². The van der Waals surface area contributed by atoms with Crippen LogP contribution in [0.1, 0.15) is 6.42 Å². The highest BCUT2D eigenvalue weighted by Crippen LogP contribution is 1.97. The van der Waals surface area contributed by atoms with Crippen molar-refractivity contribution in [3.63, 3.8) is 0 Å². The predicted molar refractivity (Wildman–Crippen MR) is 43.8 cm³/mol. The number of nitrogens with two attached hydrogens (primary N) is 1. The van der Waals surface area contributed by atoms with Gasteiger partial charge in [-0.05, 0) is 6.42 Å². The Morgan fingerprint density at radius 3 is 3.00 bits per heavy atom. The minimum absolute atomic E-state index is 0.243. The van der Waals surface area contributed by atoms with Gasteiger partial charge in [-0.2, -0.15) is 0 Å². The molecule has 1 saturated heterocycles. The monoisotopic (exact) mass is 157 g/mol. The molecule has 0 aromatic rings. The summed E-state index contributed by atoms with van der Waals surface area (Å²) < 4.78 is 5.25. The first kappa shape index (κ1) is 8.49. The van der Waals surface area contributed by atoms with Gasteiger partial charge in [-0.3, -0.25) is 10.3 Å². The van der Waals surface area contributed by atoms with Crippen LogP contribution in [0.4, 0.5) is 0 Å². The zero-order valence-corrected chi connectivity index (χ0v) is 6.68. The van der Waals surface area contributed by atoms with E-state index in [1.807, 2.05) is 0 Å². The molecular formula is C7H15N3O. The van der Waals surface area contributed by atoms with Crippen LogP contribution >= 0.6 is 0 Å². The molecule has 11 heavy (non-hydrogen) atoms. The Morgan fingerprint density at radius 1 is 1.45 bits per heavy atom. The number of ether oxygens (including phenoxy) is 1. The first-order valence-electron chi connectivity index (χ1n) is 3.92. The molecule has 4 nitrogen and oxygen atoms in total. The van der Waals surface area contributed by atoms with Gasteiger partial charge < -0.3 is 10.5 Å². The lowest BCUT2D eigenvalue weighted by Gasteiger charge is -2.17. The lowest BCUT2D eigenvalue weighted by molar-refractivity contribution is 0.143. The highest BCUT2D eigenvalue weighted by atomic mass is 16.5. The Hall–Kier alpha value is -0.610. The second-order valence-electron chi connectivity index (χ2n) is 2.77. The molecule has 0 aromatic heterocycles. The minimum Gasteiger partial charge on any atom is -0.387 e. The molecule has 0 aromatic carbocycles. The molecule has 4 heteroatoms. The Balaban J connectivity index is 2.25. The fraction of sp³-hybridized carbons (Fsp3) is 0.857. The summed E-state index contributed by atoms with van der Waals surface area (Å²) >= 11 is 0. The van der Waals surface area contributed by atoms with Crippen molar-refractivity contribution in [2.75, 3.05) is 32.8 Å². The molecule has 0 bridgehead atoms. The number of nitrogens with one attached hydrogen (secondary N) is 1. The molecule has 0 unspecified atom stereocenters. The van der Waals surface area contributed by atoms with Crippen molar-refractivity contribution in [2.24, 2.45) is 5.73 Å². The van der Waals surface area contributed by atoms with E-state index in [0.717, 1.165) is 32.7 Å². The van der Waals surface area contributed by atoms with E-state index in [-0.39, 0.29) is 5.84 Å². The molecule has 0 saturated carbocycles. The van der Waals surface area contributed by atoms with Gasteiger partial charge in [0.15, 0.2) is 0 Å². The van der Waals surface area contributed by atoms with Gasteiger partial charge in [0.25, 0.3) is 0 Å². The maximum absolute atomic E-state index is 7.10. The van der Waals surface area contributed by atoms with Crippen molar-refractivity contribution in [2.45, 2.75) is 6.42 Å². The number of nitrogens with zero attached hydrogens (tertiary/aromatic N) is 1. The van der Waals surface area contributed by atoms with E-state index in [1.165, 1.54) is 0 Å². The number of amidine groups is 1. The molecule has 1 fully saturated rings. The molecule has 0 spiro atoms. The van der Waals surface area contributed by atoms with Crippen LogP contribution < -0.4 is 5.73 Å². The van der Waals surface area contributed by atoms with E-state index in [2.05, 4.69) is 4.90 Å². The summed E-state index contributed by atoms with van der Waals surface area (Å²) in [7, 11) is 0. The molecule has 1 aliphatic heterocycles. The highest BCUT2D eigenvalue weighted by molar-refractivity contribution is 5.78. The fourth-order valence-corrected chi connectivity index (χ4v) is 1.20. The summed E-state index contributed by atoms with van der Waals surface area (Å²) in [5, 5.41) is 7.10. The van der Waals surface area contributed by atoms with E-state index >= 15 is 0 Å². The number of rotatable bonds is 2. The molecule has 1 aliphatic rings. The van der Waals surface area contributed by atoms with Crippen LogP contribution in [-0.2, 0) is 4.74 Å². The standard InChI is InChI=1S/C7H15N3O/c8-7(9)6-10-2-1-4-11-5-3-10/h1-6H2,(H3,8,9). The number of hydrogen-bond acceptors (Lipinski definition) is 3. The first-order chi connectivity index (χ1) is 5.29. The zero-order chi connectivity index (χ0) is 8.10. The summed E-state index contributed by atoms with van der Waals surface area (Å²) in [6.45, 7) is 4.10. The van der Waals surface area contributed by atoms with Crippen molar-refractivity contribution < 1.29 is 4.74 Å². The molecule has 1 rings (SSSR count). The van der Waals surface area contributed by atoms with E-state index in [1.54, 1.807) is 0 Å². The lowest BCUT2D eigenvalue weighted by atomic mass is 10.4. The Morgan fingerprint density at radius 2 is 2.27 bits per heavy atom. The second-order valence-corrected chi connectivity index (χ2v) is 2.77. The number of hydrogen-bond donors (Lipinski definition) is 2. The molecule has 64 valence electrons. The third-order valence-corrected chi connectivity index (χ3v) is 1.71. The third kappa shape index (κ3) is 3.34. The van der Waals surface area contributed by atoms with Crippen molar-refractivity contribution in [1.29, 1.82) is 5.41 Å². The predicted octanol–water partition coefficient (Wildman–Crippen LogP) is -0.355. The van der Waals surface area contributed by atoms with Crippen LogP contribution in [-0.4, -0.2) is 43.6 Å². The van der Waals surface area contributed by atoms with Gasteiger partial charge in [-0.1, -0.05) is 0 Å². The van der Waals surface area contributed by atoms with E-state index in [4.69, 9.17) is 15.9 Å². The van der Waals surface area contributed by atoms with E-state index in [9.17, 15) is 0 Å². The fourth-order valence-electron chi connectivity index (χ4n) is 1.20. The normalized spacial score (nSPS) is 21.1. The summed E-state index contributed by atoms with van der Waals surface area (Å²) in [5.74, 6) is 0.243. The smallest absolute Gasteiger partial charge is 0.105 e. The van der Waals surface area contributed by atoms with Crippen molar-refractivity contribution >= 4 is 5.84 Å². The van der Waals surface area contributed by atoms with Crippen molar-refractivity contribution in [3.8, 4) is 0 Å². The minimum atomic E-state index is 0.243. The third-order valence-electron chi connectivity index (χ3n) is 1.71. The van der Waals surface area contributed by atoms with Crippen LogP contribution in [0, 0.1) is 5.41 Å². The summed E-state index contributed by atoms with van der Waals surface area (Å²) in [6, 6.07) is 0. The van der Waals surface area contributed by atoms with Crippen LogP contribution in [0.3, 0.4) is 0 Å². The molecule has 3 N–H and O–H groups in total. The zero-order valence-electron chi connectivity index (χ0n) is 6.68. The quantitative estimate of drug-likeness (QED) is 0.425. The molecule has 0 radical (unpaired) electrons. The SMILES string of the molecule is N=C(N)CN1CCCOCC1. The van der Waals surface area contributed by atoms with Crippen LogP contribution in [0.2, 0.25) is 0 Å². The average molecular weight is 157 g/mol. The topological polar surface area (TPSA) is 62.3 Å². The van der Waals surface area contributed by atoms with Gasteiger partial charge in [0.05, 0.1) is 13.2 Å². The first-order valence-corrected chi connectivity index (χ1v) is 3.92. The van der Waals surface area contributed by atoms with Crippen LogP contribution in [0.25, 0.3) is 0 Å². The van der Waals surface area contributed by atoms with E-state index in [0.29, 0.717) is 6.54 Å². The van der Waals surface area contributed by atoms with Gasteiger partial charge in [-0.15, -0.1) is 0 Å².